The molecule has 3 rings (SSSR count). The van der Waals surface area contributed by atoms with Crippen LogP contribution in [0.15, 0.2) is 34.9 Å². The minimum atomic E-state index is -1.01. The molecular formula is C15H15N5O4. The van der Waals surface area contributed by atoms with E-state index >= 15 is 0 Å². The van der Waals surface area contributed by atoms with Crippen molar-refractivity contribution in [2.24, 2.45) is 0 Å². The first kappa shape index (κ1) is 15.7. The predicted molar refractivity (Wildman–Crippen MR) is 81.8 cm³/mol. The van der Waals surface area contributed by atoms with Gasteiger partial charge in [0.15, 0.2) is 11.5 Å². The van der Waals surface area contributed by atoms with Gasteiger partial charge in [0, 0.05) is 12.8 Å². The fourth-order valence-corrected chi connectivity index (χ4v) is 2.16. The number of aryl methyl sites for hydroxylation is 1. The molecule has 2 aromatic heterocycles. The summed E-state index contributed by atoms with van der Waals surface area (Å²) in [5, 5.41) is 18.8. The number of carboxylic acid groups (broad SMARTS) is 1. The normalized spacial score (nSPS) is 10.8. The molecule has 0 saturated carbocycles. The van der Waals surface area contributed by atoms with Crippen molar-refractivity contribution in [1.82, 2.24) is 25.3 Å². The Balaban J connectivity index is 1.47. The maximum absolute atomic E-state index is 11.9. The highest BCUT2D eigenvalue weighted by molar-refractivity contribution is 5.76. The first-order chi connectivity index (χ1) is 11.6. The second kappa shape index (κ2) is 6.90. The molecule has 0 spiro atoms. The maximum atomic E-state index is 11.9. The first-order valence-electron chi connectivity index (χ1n) is 7.32. The highest BCUT2D eigenvalue weighted by atomic mass is 16.4. The van der Waals surface area contributed by atoms with Crippen LogP contribution in [0.3, 0.4) is 0 Å². The van der Waals surface area contributed by atoms with Crippen molar-refractivity contribution in [3.8, 4) is 0 Å². The van der Waals surface area contributed by atoms with Crippen LogP contribution in [0.4, 0.5) is 0 Å². The second-order valence-electron chi connectivity index (χ2n) is 5.15. The lowest BCUT2D eigenvalue weighted by Crippen LogP contribution is -2.23. The lowest BCUT2D eigenvalue weighted by atomic mass is 10.3. The summed E-state index contributed by atoms with van der Waals surface area (Å²) in [6.07, 6.45) is 2.11. The van der Waals surface area contributed by atoms with Gasteiger partial charge in [0.25, 0.3) is 0 Å². The number of hydrogen-bond acceptors (Lipinski definition) is 6. The molecule has 0 radical (unpaired) electrons. The topological polar surface area (TPSA) is 123 Å². The average molecular weight is 329 g/mol. The Kier molecular flexibility index (Phi) is 4.50. The number of amides is 1. The lowest BCUT2D eigenvalue weighted by Gasteiger charge is -2.01. The molecule has 0 atom stereocenters. The number of carbonyl (C=O) groups is 2. The van der Waals surface area contributed by atoms with Gasteiger partial charge in [-0.25, -0.2) is 9.67 Å². The number of aromatic nitrogens is 4. The predicted octanol–water partition coefficient (Wildman–Crippen LogP) is 0.753. The molecule has 0 aliphatic carbocycles. The molecule has 1 amide bonds. The van der Waals surface area contributed by atoms with Gasteiger partial charge in [0.1, 0.15) is 17.8 Å². The van der Waals surface area contributed by atoms with Gasteiger partial charge >= 0.3 is 5.97 Å². The summed E-state index contributed by atoms with van der Waals surface area (Å²) >= 11 is 0. The Hall–Kier alpha value is -3.23. The Morgan fingerprint density at radius 1 is 1.29 bits per heavy atom. The van der Waals surface area contributed by atoms with Gasteiger partial charge in [-0.1, -0.05) is 17.3 Å². The molecule has 9 nitrogen and oxygen atoms in total. The summed E-state index contributed by atoms with van der Waals surface area (Å²) in [6, 6.07) is 7.41. The van der Waals surface area contributed by atoms with Gasteiger partial charge in [-0.3, -0.25) is 9.59 Å². The molecule has 24 heavy (non-hydrogen) atoms. The maximum Gasteiger partial charge on any atom is 0.325 e. The van der Waals surface area contributed by atoms with E-state index in [4.69, 9.17) is 9.52 Å². The van der Waals surface area contributed by atoms with Crippen LogP contribution in [0, 0.1) is 0 Å². The molecule has 0 saturated heterocycles. The van der Waals surface area contributed by atoms with E-state index in [2.05, 4.69) is 20.6 Å². The third-order valence-electron chi connectivity index (χ3n) is 3.25. The third-order valence-corrected chi connectivity index (χ3v) is 3.25. The van der Waals surface area contributed by atoms with Crippen molar-refractivity contribution >= 4 is 23.0 Å². The van der Waals surface area contributed by atoms with Crippen molar-refractivity contribution < 1.29 is 19.1 Å². The number of hydrogen-bond donors (Lipinski definition) is 2. The van der Waals surface area contributed by atoms with Gasteiger partial charge < -0.3 is 14.8 Å². The van der Waals surface area contributed by atoms with Gasteiger partial charge in [0.05, 0.1) is 12.7 Å². The van der Waals surface area contributed by atoms with Crippen molar-refractivity contribution in [2.45, 2.75) is 25.9 Å². The van der Waals surface area contributed by atoms with E-state index in [0.29, 0.717) is 23.6 Å². The summed E-state index contributed by atoms with van der Waals surface area (Å²) < 4.78 is 6.75. The van der Waals surface area contributed by atoms with Crippen LogP contribution in [0.1, 0.15) is 18.0 Å². The first-order valence-corrected chi connectivity index (χ1v) is 7.32. The monoisotopic (exact) mass is 329 g/mol. The largest absolute Gasteiger partial charge is 0.480 e. The molecular weight excluding hydrogens is 314 g/mol. The number of oxazole rings is 1. The second-order valence-corrected chi connectivity index (χ2v) is 5.15. The van der Waals surface area contributed by atoms with Crippen LogP contribution < -0.4 is 5.32 Å². The van der Waals surface area contributed by atoms with E-state index < -0.39 is 5.97 Å². The van der Waals surface area contributed by atoms with Gasteiger partial charge in [0.2, 0.25) is 5.91 Å². The van der Waals surface area contributed by atoms with E-state index in [9.17, 15) is 9.59 Å². The van der Waals surface area contributed by atoms with Gasteiger partial charge in [-0.05, 0) is 12.1 Å². The molecule has 2 N–H and O–H groups in total. The smallest absolute Gasteiger partial charge is 0.325 e. The lowest BCUT2D eigenvalue weighted by molar-refractivity contribution is -0.138. The number of carboxylic acids is 1. The Morgan fingerprint density at radius 2 is 2.12 bits per heavy atom. The van der Waals surface area contributed by atoms with Crippen molar-refractivity contribution in [3.63, 3.8) is 0 Å². The van der Waals surface area contributed by atoms with Crippen LogP contribution >= 0.6 is 0 Å². The summed E-state index contributed by atoms with van der Waals surface area (Å²) in [7, 11) is 0. The highest BCUT2D eigenvalue weighted by Gasteiger charge is 2.09. The Bertz CT molecular complexity index is 837. The summed E-state index contributed by atoms with van der Waals surface area (Å²) in [5.74, 6) is -0.669. The van der Waals surface area contributed by atoms with Crippen LogP contribution in [0.25, 0.3) is 11.1 Å². The molecule has 124 valence electrons. The molecule has 0 fully saturated rings. The zero-order valence-electron chi connectivity index (χ0n) is 12.7. The zero-order valence-corrected chi connectivity index (χ0v) is 12.7. The Morgan fingerprint density at radius 3 is 2.92 bits per heavy atom. The number of benzene rings is 1. The van der Waals surface area contributed by atoms with E-state index in [0.717, 1.165) is 5.52 Å². The molecule has 0 bridgehead atoms. The SMILES string of the molecule is O=C(O)Cn1cc(CNC(=O)CCc2nc3ccccc3o2)nn1. The van der Waals surface area contributed by atoms with E-state index in [1.165, 1.54) is 10.9 Å². The zero-order chi connectivity index (χ0) is 16.9. The van der Waals surface area contributed by atoms with E-state index in [-0.39, 0.29) is 25.4 Å². The number of rotatable bonds is 7. The fraction of sp³-hybridized carbons (Fsp3) is 0.267. The highest BCUT2D eigenvalue weighted by Crippen LogP contribution is 2.15. The molecule has 0 aliphatic rings. The minimum absolute atomic E-state index is 0.176. The quantitative estimate of drug-likeness (QED) is 0.655. The van der Waals surface area contributed by atoms with Gasteiger partial charge in [-0.2, -0.15) is 0 Å². The number of carbonyl (C=O) groups excluding carboxylic acids is 1. The summed E-state index contributed by atoms with van der Waals surface area (Å²) in [6.45, 7) is -0.0787. The molecule has 0 aliphatic heterocycles. The average Bonchev–Trinajstić information content (AvgIpc) is 3.16. The number of nitrogens with one attached hydrogen (secondary N) is 1. The van der Waals surface area contributed by atoms with Crippen LogP contribution in [0.5, 0.6) is 0 Å². The minimum Gasteiger partial charge on any atom is -0.480 e. The molecule has 0 unspecified atom stereocenters. The third kappa shape index (κ3) is 3.94. The molecule has 3 aromatic rings. The standard InChI is InChI=1S/C15H15N5O4/c21-13(16-7-10-8-20(19-18-10)9-15(22)23)5-6-14-17-11-3-1-2-4-12(11)24-14/h1-4,8H,5-7,9H2,(H,16,21)(H,22,23). The van der Waals surface area contributed by atoms with Crippen LogP contribution in [0.2, 0.25) is 0 Å². The molecule has 1 aromatic carbocycles. The number of nitrogens with zero attached hydrogens (tertiary/aromatic N) is 4. The molecule has 2 heterocycles. The summed E-state index contributed by atoms with van der Waals surface area (Å²) in [5.41, 5.74) is 1.96. The summed E-state index contributed by atoms with van der Waals surface area (Å²) in [4.78, 5) is 26.7. The van der Waals surface area contributed by atoms with E-state index in [1.807, 2.05) is 24.3 Å². The van der Waals surface area contributed by atoms with Crippen LogP contribution in [-0.2, 0) is 29.1 Å². The van der Waals surface area contributed by atoms with Crippen molar-refractivity contribution in [1.29, 1.82) is 0 Å². The molecule has 9 heteroatoms. The van der Waals surface area contributed by atoms with E-state index in [1.54, 1.807) is 0 Å². The van der Waals surface area contributed by atoms with Crippen molar-refractivity contribution in [3.05, 3.63) is 42.0 Å². The number of aliphatic carboxylic acids is 1. The van der Waals surface area contributed by atoms with Crippen molar-refractivity contribution in [2.75, 3.05) is 0 Å². The van der Waals surface area contributed by atoms with Crippen LogP contribution in [-0.4, -0.2) is 37.0 Å². The van der Waals surface area contributed by atoms with Gasteiger partial charge in [-0.15, -0.1) is 5.10 Å². The Labute approximate surface area is 136 Å². The number of fused-ring (bicyclic) bond motifs is 1. The fourth-order valence-electron chi connectivity index (χ4n) is 2.16. The number of para-hydroxylation sites is 2.